The maximum absolute atomic E-state index is 13.4. The van der Waals surface area contributed by atoms with Crippen LogP contribution in [0.25, 0.3) is 17.0 Å². The Balaban J connectivity index is 1.56. The lowest BCUT2D eigenvalue weighted by atomic mass is 10.1. The van der Waals surface area contributed by atoms with Gasteiger partial charge < -0.3 is 4.57 Å². The Kier molecular flexibility index (Phi) is 6.80. The van der Waals surface area contributed by atoms with Crippen molar-refractivity contribution in [3.8, 4) is 0 Å². The second-order valence-corrected chi connectivity index (χ2v) is 9.97. The summed E-state index contributed by atoms with van der Waals surface area (Å²) in [6.45, 7) is 5.58. The minimum absolute atomic E-state index is 0.0143. The molecule has 3 aromatic carbocycles. The summed E-state index contributed by atoms with van der Waals surface area (Å²) in [6, 6.07) is 26.1. The zero-order valence-corrected chi connectivity index (χ0v) is 21.3. The Bertz CT molecular complexity index is 1440. The van der Waals surface area contributed by atoms with E-state index in [0.717, 1.165) is 51.0 Å². The van der Waals surface area contributed by atoms with Gasteiger partial charge in [-0.2, -0.15) is 0 Å². The van der Waals surface area contributed by atoms with Crippen molar-refractivity contribution >= 4 is 57.1 Å². The number of nitrogens with zero attached hydrogens (tertiary/aromatic N) is 3. The van der Waals surface area contributed by atoms with Gasteiger partial charge in [-0.3, -0.25) is 9.69 Å². The molecule has 0 aliphatic carbocycles. The number of benzene rings is 3. The number of carbonyl (C=O) groups is 1. The SMILES string of the molecule is CCCN1C(=O)/C(=C\c2c(C)n(Cc3ccc(Cl)cc3)c3ccccc23)SC1=Nc1ccccc1. The molecular formula is C29H26ClN3OS. The fourth-order valence-corrected chi connectivity index (χ4v) is 5.50. The summed E-state index contributed by atoms with van der Waals surface area (Å²) in [4.78, 5) is 20.7. The van der Waals surface area contributed by atoms with Crippen LogP contribution in [-0.4, -0.2) is 27.1 Å². The Hall–Kier alpha value is -3.28. The number of hydrogen-bond acceptors (Lipinski definition) is 3. The van der Waals surface area contributed by atoms with Crippen LogP contribution >= 0.6 is 23.4 Å². The number of carbonyl (C=O) groups excluding carboxylic acids is 1. The van der Waals surface area contributed by atoms with Crippen molar-refractivity contribution in [2.45, 2.75) is 26.8 Å². The van der Waals surface area contributed by atoms with Crippen LogP contribution in [-0.2, 0) is 11.3 Å². The van der Waals surface area contributed by atoms with Gasteiger partial charge in [0.15, 0.2) is 5.17 Å². The zero-order chi connectivity index (χ0) is 24.4. The number of rotatable bonds is 6. The quantitative estimate of drug-likeness (QED) is 0.255. The minimum Gasteiger partial charge on any atom is -0.340 e. The van der Waals surface area contributed by atoms with Crippen molar-refractivity contribution in [2.24, 2.45) is 4.99 Å². The van der Waals surface area contributed by atoms with E-state index >= 15 is 0 Å². The Morgan fingerprint density at radius 1 is 0.971 bits per heavy atom. The second kappa shape index (κ2) is 10.1. The molecule has 1 amide bonds. The smallest absolute Gasteiger partial charge is 0.266 e. The summed E-state index contributed by atoms with van der Waals surface area (Å²) in [7, 11) is 0. The van der Waals surface area contributed by atoms with Crippen LogP contribution in [0.5, 0.6) is 0 Å². The molecule has 1 aliphatic rings. The standard InChI is InChI=1S/C29H26ClN3OS/c1-3-17-32-28(34)27(35-29(32)31-23-9-5-4-6-10-23)18-25-20(2)33(26-12-8-7-11-24(25)26)19-21-13-15-22(30)16-14-21/h4-16,18H,3,17,19H2,1-2H3/b27-18+,31-29?. The van der Waals surface area contributed by atoms with Gasteiger partial charge in [0, 0.05) is 40.3 Å². The van der Waals surface area contributed by atoms with Crippen molar-refractivity contribution in [3.05, 3.63) is 106 Å². The maximum atomic E-state index is 13.4. The monoisotopic (exact) mass is 499 g/mol. The molecule has 35 heavy (non-hydrogen) atoms. The lowest BCUT2D eigenvalue weighted by Gasteiger charge is -2.13. The first-order valence-electron chi connectivity index (χ1n) is 11.7. The molecule has 176 valence electrons. The lowest BCUT2D eigenvalue weighted by molar-refractivity contribution is -0.122. The van der Waals surface area contributed by atoms with Crippen molar-refractivity contribution in [1.29, 1.82) is 0 Å². The maximum Gasteiger partial charge on any atom is 0.266 e. The Labute approximate surface area is 214 Å². The highest BCUT2D eigenvalue weighted by molar-refractivity contribution is 8.18. The Morgan fingerprint density at radius 2 is 1.69 bits per heavy atom. The van der Waals surface area contributed by atoms with E-state index in [1.165, 1.54) is 17.3 Å². The van der Waals surface area contributed by atoms with Gasteiger partial charge >= 0.3 is 0 Å². The molecule has 0 saturated carbocycles. The van der Waals surface area contributed by atoms with Crippen LogP contribution < -0.4 is 0 Å². The molecule has 4 nitrogen and oxygen atoms in total. The van der Waals surface area contributed by atoms with Gasteiger partial charge in [-0.15, -0.1) is 0 Å². The number of aliphatic imine (C=N–C) groups is 1. The molecule has 0 unspecified atom stereocenters. The van der Waals surface area contributed by atoms with Gasteiger partial charge in [0.25, 0.3) is 5.91 Å². The number of amidine groups is 1. The van der Waals surface area contributed by atoms with Gasteiger partial charge in [-0.1, -0.05) is 67.1 Å². The van der Waals surface area contributed by atoms with Crippen molar-refractivity contribution in [3.63, 3.8) is 0 Å². The molecule has 0 spiro atoms. The van der Waals surface area contributed by atoms with Crippen molar-refractivity contribution in [2.75, 3.05) is 6.54 Å². The average molecular weight is 500 g/mol. The van der Waals surface area contributed by atoms with Gasteiger partial charge in [-0.25, -0.2) is 4.99 Å². The first-order valence-corrected chi connectivity index (χ1v) is 12.9. The van der Waals surface area contributed by atoms with Crippen LogP contribution in [0, 0.1) is 6.92 Å². The number of fused-ring (bicyclic) bond motifs is 1. The van der Waals surface area contributed by atoms with Crippen LogP contribution in [0.1, 0.15) is 30.2 Å². The van der Waals surface area contributed by atoms with E-state index in [-0.39, 0.29) is 5.91 Å². The second-order valence-electron chi connectivity index (χ2n) is 8.53. The van der Waals surface area contributed by atoms with E-state index in [1.807, 2.05) is 54.6 Å². The highest BCUT2D eigenvalue weighted by Crippen LogP contribution is 2.37. The topological polar surface area (TPSA) is 37.6 Å². The van der Waals surface area contributed by atoms with Crippen LogP contribution in [0.2, 0.25) is 5.02 Å². The summed E-state index contributed by atoms with van der Waals surface area (Å²) in [5.74, 6) is 0.0143. The minimum atomic E-state index is 0.0143. The van der Waals surface area contributed by atoms with E-state index in [0.29, 0.717) is 11.4 Å². The summed E-state index contributed by atoms with van der Waals surface area (Å²) >= 11 is 7.54. The molecule has 2 heterocycles. The van der Waals surface area contributed by atoms with E-state index in [4.69, 9.17) is 16.6 Å². The third-order valence-electron chi connectivity index (χ3n) is 6.13. The van der Waals surface area contributed by atoms with Crippen LogP contribution in [0.3, 0.4) is 0 Å². The average Bonchev–Trinajstić information content (AvgIpc) is 3.30. The molecule has 4 aromatic rings. The number of thioether (sulfide) groups is 1. The summed E-state index contributed by atoms with van der Waals surface area (Å²) < 4.78 is 2.30. The van der Waals surface area contributed by atoms with Gasteiger partial charge in [-0.05, 0) is 67.1 Å². The van der Waals surface area contributed by atoms with Gasteiger partial charge in [0.2, 0.25) is 0 Å². The molecule has 5 rings (SSSR count). The molecule has 0 N–H and O–H groups in total. The normalized spacial score (nSPS) is 16.2. The molecule has 0 bridgehead atoms. The van der Waals surface area contributed by atoms with E-state index < -0.39 is 0 Å². The first kappa shape index (κ1) is 23.5. The summed E-state index contributed by atoms with van der Waals surface area (Å²) in [5.41, 5.74) is 5.36. The molecule has 1 aromatic heterocycles. The number of para-hydroxylation sites is 2. The third-order valence-corrected chi connectivity index (χ3v) is 7.38. The third kappa shape index (κ3) is 4.79. The number of aromatic nitrogens is 1. The number of hydrogen-bond donors (Lipinski definition) is 0. The summed E-state index contributed by atoms with van der Waals surface area (Å²) in [5, 5.41) is 2.60. The zero-order valence-electron chi connectivity index (χ0n) is 19.7. The molecule has 6 heteroatoms. The van der Waals surface area contributed by atoms with Crippen LogP contribution in [0.4, 0.5) is 5.69 Å². The molecule has 1 fully saturated rings. The first-order chi connectivity index (χ1) is 17.0. The fourth-order valence-electron chi connectivity index (χ4n) is 4.37. The highest BCUT2D eigenvalue weighted by atomic mass is 35.5. The largest absolute Gasteiger partial charge is 0.340 e. The fraction of sp³-hybridized carbons (Fsp3) is 0.172. The van der Waals surface area contributed by atoms with Gasteiger partial charge in [0.1, 0.15) is 0 Å². The Morgan fingerprint density at radius 3 is 2.43 bits per heavy atom. The van der Waals surface area contributed by atoms with E-state index in [2.05, 4.69) is 48.7 Å². The molecule has 0 radical (unpaired) electrons. The van der Waals surface area contributed by atoms with Gasteiger partial charge in [0.05, 0.1) is 10.6 Å². The lowest BCUT2D eigenvalue weighted by Crippen LogP contribution is -2.29. The number of amides is 1. The molecule has 1 aliphatic heterocycles. The molecular weight excluding hydrogens is 474 g/mol. The molecule has 1 saturated heterocycles. The highest BCUT2D eigenvalue weighted by Gasteiger charge is 2.33. The van der Waals surface area contributed by atoms with Crippen molar-refractivity contribution in [1.82, 2.24) is 9.47 Å². The predicted molar refractivity (Wildman–Crippen MR) is 148 cm³/mol. The van der Waals surface area contributed by atoms with Crippen LogP contribution in [0.15, 0.2) is 88.8 Å². The van der Waals surface area contributed by atoms with E-state index in [1.54, 1.807) is 4.90 Å². The number of halogens is 1. The predicted octanol–water partition coefficient (Wildman–Crippen LogP) is 7.67. The summed E-state index contributed by atoms with van der Waals surface area (Å²) in [6.07, 6.45) is 2.91. The molecule has 0 atom stereocenters. The van der Waals surface area contributed by atoms with Crippen molar-refractivity contribution < 1.29 is 4.79 Å². The van der Waals surface area contributed by atoms with E-state index in [9.17, 15) is 4.79 Å².